The summed E-state index contributed by atoms with van der Waals surface area (Å²) < 4.78 is 39.9. The summed E-state index contributed by atoms with van der Waals surface area (Å²) in [5.41, 5.74) is -1.26. The Balaban J connectivity index is -0.000000320. The molecule has 0 aliphatic heterocycles. The summed E-state index contributed by atoms with van der Waals surface area (Å²) in [5.74, 6) is -1.14. The summed E-state index contributed by atoms with van der Waals surface area (Å²) in [6.07, 6.45) is 1.13. The van der Waals surface area contributed by atoms with Gasteiger partial charge in [-0.25, -0.2) is 4.79 Å². The number of aromatic nitrogens is 2. The van der Waals surface area contributed by atoms with E-state index < -0.39 is 31.0 Å². The number of carboxylic acid groups (broad SMARTS) is 1. The van der Waals surface area contributed by atoms with E-state index in [4.69, 9.17) is 5.11 Å². The first-order valence-corrected chi connectivity index (χ1v) is 3.98. The van der Waals surface area contributed by atoms with Crippen LogP contribution < -0.4 is 11.2 Å². The molecule has 18 heavy (non-hydrogen) atoms. The molecule has 0 aliphatic rings. The Hall–Kier alpha value is -1.55. The third-order valence-corrected chi connectivity index (χ3v) is 1.20. The summed E-state index contributed by atoms with van der Waals surface area (Å²) in [7, 11) is -6.00. The number of nitrogens with one attached hydrogen (secondary N) is 1. The van der Waals surface area contributed by atoms with E-state index in [9.17, 15) is 31.6 Å². The molecule has 1 radical (unpaired) electrons. The van der Waals surface area contributed by atoms with E-state index in [2.05, 4.69) is 0 Å². The quantitative estimate of drug-likeness (QED) is 0.594. The van der Waals surface area contributed by atoms with Gasteiger partial charge in [-0.1, -0.05) is 0 Å². The zero-order chi connectivity index (χ0) is 13.6. The second-order valence-electron chi connectivity index (χ2n) is 2.63. The Bertz CT molecular complexity index is 499. The van der Waals surface area contributed by atoms with E-state index >= 15 is 0 Å². The molecule has 0 fully saturated rings. The molecule has 0 amide bonds. The topological polar surface area (TPSA) is 92.2 Å². The smallest absolute Gasteiger partial charge is 0.480 e. The van der Waals surface area contributed by atoms with Gasteiger partial charge in [-0.15, -0.1) is 0 Å². The van der Waals surface area contributed by atoms with Crippen molar-refractivity contribution < 1.29 is 45.7 Å². The van der Waals surface area contributed by atoms with Crippen molar-refractivity contribution in [1.29, 1.82) is 0 Å². The van der Waals surface area contributed by atoms with E-state index in [1.807, 2.05) is 4.98 Å². The molecule has 1 aromatic heterocycles. The van der Waals surface area contributed by atoms with E-state index in [1.54, 1.807) is 0 Å². The fourth-order valence-corrected chi connectivity index (χ4v) is 0.714. The van der Waals surface area contributed by atoms with Crippen LogP contribution in [0, 0.1) is 0 Å². The summed E-state index contributed by atoms with van der Waals surface area (Å²) in [6.45, 7) is -0.449. The maximum atomic E-state index is 10.8. The van der Waals surface area contributed by atoms with Crippen LogP contribution in [0.2, 0.25) is 0 Å². The molecule has 0 atom stereocenters. The average molecular weight is 321 g/mol. The third-order valence-electron chi connectivity index (χ3n) is 1.20. The largest absolute Gasteiger partial charge is 1.00 e. The van der Waals surface area contributed by atoms with Gasteiger partial charge >= 0.3 is 20.3 Å². The van der Waals surface area contributed by atoms with Crippen molar-refractivity contribution in [3.63, 3.8) is 0 Å². The molecule has 12 heteroatoms. The van der Waals surface area contributed by atoms with Crippen LogP contribution in [0.15, 0.2) is 21.9 Å². The van der Waals surface area contributed by atoms with Crippen molar-refractivity contribution in [3.05, 3.63) is 33.1 Å². The monoisotopic (exact) mass is 321 g/mol. The molecule has 0 saturated heterocycles. The van der Waals surface area contributed by atoms with Crippen LogP contribution in [0.5, 0.6) is 0 Å². The fraction of sp³-hybridized carbons (Fsp3) is 0.167. The zero-order valence-corrected chi connectivity index (χ0v) is 9.31. The van der Waals surface area contributed by atoms with Gasteiger partial charge in [0.1, 0.15) is 6.54 Å². The maximum absolute atomic E-state index is 10.8. The third kappa shape index (κ3) is 11.0. The van der Waals surface area contributed by atoms with Crippen LogP contribution in [-0.2, 0) is 28.4 Å². The first-order chi connectivity index (χ1) is 7.59. The predicted molar refractivity (Wildman–Crippen MR) is 50.3 cm³/mol. The number of aliphatic carboxylic acids is 1. The maximum Gasteiger partial charge on any atom is 1.00 e. The molecule has 0 spiro atoms. The minimum Gasteiger partial charge on any atom is -0.480 e. The number of rotatable bonds is 2. The second-order valence-corrected chi connectivity index (χ2v) is 2.63. The Kier molecular flexibility index (Phi) is 8.06. The molecular weight excluding hydrogens is 314 g/mol. The molecule has 107 valence electrons. The molecular formula is C6H7BCuF4N2O4. The number of H-pyrrole nitrogens is 1. The van der Waals surface area contributed by atoms with Gasteiger partial charge in [0.15, 0.2) is 0 Å². The first kappa shape index (κ1) is 18.8. The first-order valence-electron chi connectivity index (χ1n) is 3.98. The molecule has 0 unspecified atom stereocenters. The second kappa shape index (κ2) is 7.72. The molecule has 0 bridgehead atoms. The Morgan fingerprint density at radius 3 is 2.17 bits per heavy atom. The van der Waals surface area contributed by atoms with E-state index in [-0.39, 0.29) is 18.5 Å². The van der Waals surface area contributed by atoms with Crippen molar-refractivity contribution in [2.75, 3.05) is 0 Å². The van der Waals surface area contributed by atoms with Crippen molar-refractivity contribution >= 4 is 13.2 Å². The summed E-state index contributed by atoms with van der Waals surface area (Å²) in [5, 5.41) is 8.31. The summed E-state index contributed by atoms with van der Waals surface area (Å²) in [6, 6.07) is 1.09. The number of carbonyl (C=O) groups is 1. The minimum atomic E-state index is -6.00. The fourth-order valence-electron chi connectivity index (χ4n) is 0.714. The number of halogens is 4. The molecule has 2 N–H and O–H groups in total. The summed E-state index contributed by atoms with van der Waals surface area (Å²) in [4.78, 5) is 33.4. The molecule has 6 nitrogen and oxygen atoms in total. The van der Waals surface area contributed by atoms with Crippen LogP contribution in [-0.4, -0.2) is 27.9 Å². The van der Waals surface area contributed by atoms with Gasteiger partial charge < -0.3 is 22.4 Å². The number of nitrogens with zero attached hydrogens (tertiary/aromatic N) is 1. The van der Waals surface area contributed by atoms with Crippen molar-refractivity contribution in [3.8, 4) is 0 Å². The van der Waals surface area contributed by atoms with E-state index in [0.717, 1.165) is 16.8 Å². The van der Waals surface area contributed by atoms with Crippen molar-refractivity contribution in [1.82, 2.24) is 9.55 Å². The van der Waals surface area contributed by atoms with Gasteiger partial charge in [0, 0.05) is 29.3 Å². The standard InChI is InChI=1S/C6H6N2O4.BF4.Cu/c9-4-1-2-8(3-5(10)11)6(12)7-4;2-1(3,4)5;/h1-2H,3H2,(H,10,11)(H,7,9,12);;/q;-1;/p+1. The summed E-state index contributed by atoms with van der Waals surface area (Å²) >= 11 is 0. The Labute approximate surface area is 109 Å². The van der Waals surface area contributed by atoms with Gasteiger partial charge in [-0.2, -0.15) is 0 Å². The predicted octanol–water partition coefficient (Wildman–Crippen LogP) is 0.0312. The van der Waals surface area contributed by atoms with Gasteiger partial charge in [0.2, 0.25) is 0 Å². The zero-order valence-electron chi connectivity index (χ0n) is 9.37. The number of carboxylic acids is 1. The molecule has 0 aromatic carbocycles. The van der Waals surface area contributed by atoms with Crippen LogP contribution in [0.3, 0.4) is 0 Å². The Morgan fingerprint density at radius 2 is 1.83 bits per heavy atom. The van der Waals surface area contributed by atoms with Crippen molar-refractivity contribution in [2.45, 2.75) is 6.54 Å². The average Bonchev–Trinajstić information content (AvgIpc) is 2.06. The molecule has 0 saturated carbocycles. The Morgan fingerprint density at radius 1 is 1.39 bits per heavy atom. The van der Waals surface area contributed by atoms with Crippen LogP contribution in [0.1, 0.15) is 1.43 Å². The normalized spacial score (nSPS) is 9.78. The number of hydrogen-bond acceptors (Lipinski definition) is 3. The van der Waals surface area contributed by atoms with Gasteiger partial charge in [0.25, 0.3) is 5.56 Å². The SMILES string of the molecule is F[B-](F)(F)F.O=C(O)Cn1ccc(=O)[nH]c1=O.[Cu].[H+]. The number of aromatic amines is 1. The van der Waals surface area contributed by atoms with Crippen molar-refractivity contribution in [2.24, 2.45) is 0 Å². The van der Waals surface area contributed by atoms with Crippen LogP contribution >= 0.6 is 0 Å². The minimum absolute atomic E-state index is 0. The van der Waals surface area contributed by atoms with Gasteiger partial charge in [0.05, 0.1) is 0 Å². The van der Waals surface area contributed by atoms with E-state index in [0.29, 0.717) is 0 Å². The van der Waals surface area contributed by atoms with Gasteiger partial charge in [-0.3, -0.25) is 19.1 Å². The van der Waals surface area contributed by atoms with Crippen LogP contribution in [0.25, 0.3) is 0 Å². The van der Waals surface area contributed by atoms with Gasteiger partial charge in [-0.05, 0) is 0 Å². The molecule has 1 heterocycles. The number of hydrogen-bond donors (Lipinski definition) is 2. The van der Waals surface area contributed by atoms with Crippen LogP contribution in [0.4, 0.5) is 17.3 Å². The molecule has 1 rings (SSSR count). The molecule has 1 aromatic rings. The molecule has 0 aliphatic carbocycles. The van der Waals surface area contributed by atoms with E-state index in [1.165, 1.54) is 0 Å².